The minimum Gasteiger partial charge on any atom is -0.440 e. The maximum absolute atomic E-state index is 12.6. The maximum Gasteiger partial charge on any atom is 0.228 e. The maximum atomic E-state index is 12.6. The molecule has 1 amide bonds. The van der Waals surface area contributed by atoms with E-state index in [9.17, 15) is 4.79 Å². The number of pyridine rings is 1. The summed E-state index contributed by atoms with van der Waals surface area (Å²) in [6.45, 7) is 6.17. The average molecular weight is 359 g/mol. The number of oxazole rings is 1. The van der Waals surface area contributed by atoms with Crippen molar-refractivity contribution in [1.82, 2.24) is 9.97 Å². The van der Waals surface area contributed by atoms with Crippen LogP contribution in [0.5, 0.6) is 0 Å². The van der Waals surface area contributed by atoms with E-state index in [0.717, 1.165) is 27.4 Å². The lowest BCUT2D eigenvalue weighted by molar-refractivity contribution is -0.115. The van der Waals surface area contributed by atoms with Crippen LogP contribution in [0.25, 0.3) is 21.9 Å². The van der Waals surface area contributed by atoms with Crippen LogP contribution < -0.4 is 5.32 Å². The zero-order valence-corrected chi connectivity index (χ0v) is 15.6. The Hall–Kier alpha value is -3.21. The van der Waals surface area contributed by atoms with Crippen LogP contribution in [0, 0.1) is 0 Å². The first-order valence-corrected chi connectivity index (χ1v) is 8.93. The standard InChI is InChI=1S/C22H21N3O2/c1-22(2,3)21-25-18-12-16(7-8-19(18)27-21)24-20(26)11-14-5-4-6-15-13-23-10-9-17(14)15/h4-10,12-13H,11H2,1-3H3,(H,24,26). The van der Waals surface area contributed by atoms with Gasteiger partial charge in [0.15, 0.2) is 5.58 Å². The van der Waals surface area contributed by atoms with E-state index in [4.69, 9.17) is 4.42 Å². The van der Waals surface area contributed by atoms with Gasteiger partial charge in [-0.1, -0.05) is 39.0 Å². The minimum absolute atomic E-state index is 0.0711. The molecule has 2 heterocycles. The van der Waals surface area contributed by atoms with Crippen LogP contribution in [0.3, 0.4) is 0 Å². The SMILES string of the molecule is CC(C)(C)c1nc2cc(NC(=O)Cc3cccc4cnccc34)ccc2o1. The monoisotopic (exact) mass is 359 g/mol. The van der Waals surface area contributed by atoms with Gasteiger partial charge in [-0.15, -0.1) is 0 Å². The molecule has 0 saturated heterocycles. The van der Waals surface area contributed by atoms with Crippen LogP contribution in [0.1, 0.15) is 32.2 Å². The van der Waals surface area contributed by atoms with Crippen LogP contribution in [-0.2, 0) is 16.6 Å². The molecule has 5 heteroatoms. The van der Waals surface area contributed by atoms with Gasteiger partial charge in [0.05, 0.1) is 6.42 Å². The molecule has 0 aliphatic rings. The van der Waals surface area contributed by atoms with Crippen LogP contribution in [0.4, 0.5) is 5.69 Å². The fourth-order valence-corrected chi connectivity index (χ4v) is 3.05. The van der Waals surface area contributed by atoms with Gasteiger partial charge in [-0.05, 0) is 35.2 Å². The minimum atomic E-state index is -0.161. The normalized spacial score (nSPS) is 11.8. The Morgan fingerprint density at radius 3 is 2.81 bits per heavy atom. The Balaban J connectivity index is 1.55. The number of nitrogens with one attached hydrogen (secondary N) is 1. The molecule has 5 nitrogen and oxygen atoms in total. The molecule has 0 fully saturated rings. The van der Waals surface area contributed by atoms with Crippen molar-refractivity contribution in [1.29, 1.82) is 0 Å². The molecule has 2 aromatic heterocycles. The summed E-state index contributed by atoms with van der Waals surface area (Å²) in [6, 6.07) is 13.4. The fraction of sp³-hybridized carbons (Fsp3) is 0.227. The van der Waals surface area contributed by atoms with E-state index in [-0.39, 0.29) is 11.3 Å². The lowest BCUT2D eigenvalue weighted by atomic mass is 9.97. The summed E-state index contributed by atoms with van der Waals surface area (Å²) in [5.74, 6) is 0.614. The van der Waals surface area contributed by atoms with Gasteiger partial charge in [-0.25, -0.2) is 4.98 Å². The lowest BCUT2D eigenvalue weighted by Crippen LogP contribution is -2.14. The lowest BCUT2D eigenvalue weighted by Gasteiger charge is -2.11. The first kappa shape index (κ1) is 17.2. The molecule has 0 radical (unpaired) electrons. The highest BCUT2D eigenvalue weighted by Crippen LogP contribution is 2.27. The number of benzene rings is 2. The molecule has 0 aliphatic heterocycles. The number of nitrogens with zero attached hydrogens (tertiary/aromatic N) is 2. The molecule has 4 rings (SSSR count). The fourth-order valence-electron chi connectivity index (χ4n) is 3.05. The highest BCUT2D eigenvalue weighted by molar-refractivity contribution is 5.97. The second kappa shape index (κ2) is 6.50. The average Bonchev–Trinajstić information content (AvgIpc) is 3.06. The third kappa shape index (κ3) is 3.53. The molecule has 4 aromatic rings. The molecule has 136 valence electrons. The topological polar surface area (TPSA) is 68.0 Å². The summed E-state index contributed by atoms with van der Waals surface area (Å²) in [5.41, 5.74) is 2.99. The third-order valence-corrected chi connectivity index (χ3v) is 4.43. The van der Waals surface area contributed by atoms with E-state index in [1.807, 2.05) is 48.7 Å². The zero-order valence-electron chi connectivity index (χ0n) is 15.6. The van der Waals surface area contributed by atoms with Gasteiger partial charge in [0, 0.05) is 28.9 Å². The van der Waals surface area contributed by atoms with Crippen LogP contribution in [-0.4, -0.2) is 15.9 Å². The number of hydrogen-bond donors (Lipinski definition) is 1. The van der Waals surface area contributed by atoms with Gasteiger partial charge in [0.1, 0.15) is 5.52 Å². The Morgan fingerprint density at radius 1 is 1.15 bits per heavy atom. The molecule has 27 heavy (non-hydrogen) atoms. The van der Waals surface area contributed by atoms with Gasteiger partial charge >= 0.3 is 0 Å². The van der Waals surface area contributed by atoms with Gasteiger partial charge in [-0.3, -0.25) is 9.78 Å². The number of fused-ring (bicyclic) bond motifs is 2. The molecule has 0 aliphatic carbocycles. The Morgan fingerprint density at radius 2 is 2.00 bits per heavy atom. The smallest absolute Gasteiger partial charge is 0.228 e. The number of aromatic nitrogens is 2. The third-order valence-electron chi connectivity index (χ3n) is 4.43. The molecule has 0 bridgehead atoms. The van der Waals surface area contributed by atoms with Crippen molar-refractivity contribution in [3.63, 3.8) is 0 Å². The second-order valence-corrected chi connectivity index (χ2v) is 7.69. The Bertz CT molecular complexity index is 1130. The molecular formula is C22H21N3O2. The number of carbonyl (C=O) groups is 1. The number of anilines is 1. The molecule has 2 aromatic carbocycles. The van der Waals surface area contributed by atoms with Crippen molar-refractivity contribution in [3.8, 4) is 0 Å². The van der Waals surface area contributed by atoms with E-state index < -0.39 is 0 Å². The first-order chi connectivity index (χ1) is 12.9. The van der Waals surface area contributed by atoms with Gasteiger partial charge < -0.3 is 9.73 Å². The molecule has 0 spiro atoms. The summed E-state index contributed by atoms with van der Waals surface area (Å²) in [5, 5.41) is 5.03. The van der Waals surface area contributed by atoms with Crippen LogP contribution in [0.2, 0.25) is 0 Å². The number of rotatable bonds is 3. The summed E-state index contributed by atoms with van der Waals surface area (Å²) in [7, 11) is 0. The summed E-state index contributed by atoms with van der Waals surface area (Å²) in [6.07, 6.45) is 3.85. The summed E-state index contributed by atoms with van der Waals surface area (Å²) in [4.78, 5) is 21.2. The predicted octanol–water partition coefficient (Wildman–Crippen LogP) is 4.85. The largest absolute Gasteiger partial charge is 0.440 e. The Labute approximate surface area is 157 Å². The molecule has 0 unspecified atom stereocenters. The molecule has 1 N–H and O–H groups in total. The first-order valence-electron chi connectivity index (χ1n) is 8.93. The molecule has 0 saturated carbocycles. The van der Waals surface area contributed by atoms with Crippen molar-refractivity contribution in [2.45, 2.75) is 32.6 Å². The summed E-state index contributed by atoms with van der Waals surface area (Å²) >= 11 is 0. The van der Waals surface area contributed by atoms with Crippen LogP contribution in [0.15, 0.2) is 59.3 Å². The molecule has 0 atom stereocenters. The van der Waals surface area contributed by atoms with Crippen LogP contribution >= 0.6 is 0 Å². The zero-order chi connectivity index (χ0) is 19.0. The van der Waals surface area contributed by atoms with E-state index in [2.05, 4.69) is 36.1 Å². The van der Waals surface area contributed by atoms with E-state index in [0.29, 0.717) is 18.0 Å². The summed E-state index contributed by atoms with van der Waals surface area (Å²) < 4.78 is 5.81. The number of carbonyl (C=O) groups excluding carboxylic acids is 1. The van der Waals surface area contributed by atoms with E-state index in [1.165, 1.54) is 0 Å². The van der Waals surface area contributed by atoms with E-state index in [1.54, 1.807) is 6.20 Å². The highest BCUT2D eigenvalue weighted by atomic mass is 16.3. The van der Waals surface area contributed by atoms with Gasteiger partial charge in [0.2, 0.25) is 11.8 Å². The van der Waals surface area contributed by atoms with E-state index >= 15 is 0 Å². The van der Waals surface area contributed by atoms with Crippen molar-refractivity contribution in [3.05, 3.63) is 66.3 Å². The quantitative estimate of drug-likeness (QED) is 0.567. The van der Waals surface area contributed by atoms with Gasteiger partial charge in [-0.2, -0.15) is 0 Å². The molecular weight excluding hydrogens is 338 g/mol. The number of amides is 1. The van der Waals surface area contributed by atoms with Crippen molar-refractivity contribution < 1.29 is 9.21 Å². The number of hydrogen-bond acceptors (Lipinski definition) is 4. The highest BCUT2D eigenvalue weighted by Gasteiger charge is 2.21. The van der Waals surface area contributed by atoms with Gasteiger partial charge in [0.25, 0.3) is 0 Å². The van der Waals surface area contributed by atoms with Crippen molar-refractivity contribution >= 4 is 33.5 Å². The van der Waals surface area contributed by atoms with Crippen molar-refractivity contribution in [2.24, 2.45) is 0 Å². The second-order valence-electron chi connectivity index (χ2n) is 7.69. The van der Waals surface area contributed by atoms with Crippen molar-refractivity contribution in [2.75, 3.05) is 5.32 Å². The Kier molecular flexibility index (Phi) is 4.15. The predicted molar refractivity (Wildman–Crippen MR) is 107 cm³/mol.